The second kappa shape index (κ2) is 9.44. The molecule has 0 atom stereocenters. The predicted molar refractivity (Wildman–Crippen MR) is 114 cm³/mol. The summed E-state index contributed by atoms with van der Waals surface area (Å²) in [6.45, 7) is 0.467. The molecule has 3 rings (SSSR count). The van der Waals surface area contributed by atoms with Gasteiger partial charge in [-0.1, -0.05) is 39.7 Å². The van der Waals surface area contributed by atoms with Gasteiger partial charge in [-0.25, -0.2) is 0 Å². The summed E-state index contributed by atoms with van der Waals surface area (Å²) in [5.41, 5.74) is 5.79. The minimum atomic E-state index is 0.467. The molecule has 0 aromatic heterocycles. The minimum absolute atomic E-state index is 0.467. The fourth-order valence-electron chi connectivity index (χ4n) is 2.33. The second-order valence-corrected chi connectivity index (χ2v) is 7.05. The molecular weight excluding hydrogens is 428 g/mol. The van der Waals surface area contributed by atoms with Gasteiger partial charge in [0.25, 0.3) is 0 Å². The smallest absolute Gasteiger partial charge is 0.161 e. The first-order valence-electron chi connectivity index (χ1n) is 8.24. The zero-order valence-corrected chi connectivity index (χ0v) is 17.0. The van der Waals surface area contributed by atoms with E-state index >= 15 is 0 Å². The number of anilines is 1. The quantitative estimate of drug-likeness (QED) is 0.351. The van der Waals surface area contributed by atoms with E-state index in [4.69, 9.17) is 21.1 Å². The van der Waals surface area contributed by atoms with Gasteiger partial charge in [0.05, 0.1) is 19.0 Å². The molecule has 0 fully saturated rings. The van der Waals surface area contributed by atoms with Gasteiger partial charge in [-0.15, -0.1) is 0 Å². The summed E-state index contributed by atoms with van der Waals surface area (Å²) in [7, 11) is 1.62. The Bertz CT molecular complexity index is 912. The van der Waals surface area contributed by atoms with Crippen molar-refractivity contribution in [3.8, 4) is 11.5 Å². The minimum Gasteiger partial charge on any atom is -0.493 e. The van der Waals surface area contributed by atoms with Gasteiger partial charge in [0.2, 0.25) is 0 Å². The fraction of sp³-hybridized carbons (Fsp3) is 0.0952. The Labute approximate surface area is 171 Å². The summed E-state index contributed by atoms with van der Waals surface area (Å²) in [6, 6.07) is 21.0. The predicted octanol–water partition coefficient (Wildman–Crippen LogP) is 6.14. The highest BCUT2D eigenvalue weighted by Crippen LogP contribution is 2.28. The van der Waals surface area contributed by atoms with Gasteiger partial charge in [0.15, 0.2) is 11.5 Å². The summed E-state index contributed by atoms with van der Waals surface area (Å²) in [5.74, 6) is 1.34. The first-order valence-corrected chi connectivity index (χ1v) is 9.41. The third-order valence-electron chi connectivity index (χ3n) is 3.75. The summed E-state index contributed by atoms with van der Waals surface area (Å²) in [6.07, 6.45) is 1.72. The first kappa shape index (κ1) is 19.3. The lowest BCUT2D eigenvalue weighted by atomic mass is 10.2. The molecule has 0 saturated carbocycles. The van der Waals surface area contributed by atoms with E-state index in [0.717, 1.165) is 21.3 Å². The maximum absolute atomic E-state index is 5.88. The molecule has 0 aliphatic rings. The van der Waals surface area contributed by atoms with E-state index in [1.54, 1.807) is 25.5 Å². The molecule has 138 valence electrons. The van der Waals surface area contributed by atoms with Crippen LogP contribution >= 0.6 is 27.5 Å². The Morgan fingerprint density at radius 2 is 1.74 bits per heavy atom. The molecule has 0 unspecified atom stereocenters. The van der Waals surface area contributed by atoms with Gasteiger partial charge in [0.1, 0.15) is 6.61 Å². The fourth-order valence-corrected chi connectivity index (χ4v) is 2.72. The molecule has 0 amide bonds. The molecule has 1 N–H and O–H groups in total. The van der Waals surface area contributed by atoms with E-state index in [2.05, 4.69) is 26.5 Å². The molecule has 4 nitrogen and oxygen atoms in total. The second-order valence-electron chi connectivity index (χ2n) is 5.70. The van der Waals surface area contributed by atoms with Crippen LogP contribution in [0.3, 0.4) is 0 Å². The van der Waals surface area contributed by atoms with Crippen molar-refractivity contribution < 1.29 is 9.47 Å². The lowest BCUT2D eigenvalue weighted by molar-refractivity contribution is 0.284. The number of benzene rings is 3. The topological polar surface area (TPSA) is 42.8 Å². The van der Waals surface area contributed by atoms with Crippen LogP contribution in [-0.2, 0) is 6.61 Å². The van der Waals surface area contributed by atoms with Gasteiger partial charge < -0.3 is 9.47 Å². The Hall–Kier alpha value is -2.50. The van der Waals surface area contributed by atoms with Crippen molar-refractivity contribution in [2.75, 3.05) is 12.5 Å². The molecule has 0 aliphatic heterocycles. The highest BCUT2D eigenvalue weighted by Gasteiger charge is 2.06. The molecule has 0 heterocycles. The first-order chi connectivity index (χ1) is 13.1. The van der Waals surface area contributed by atoms with Crippen molar-refractivity contribution in [1.29, 1.82) is 0 Å². The van der Waals surface area contributed by atoms with E-state index < -0.39 is 0 Å². The largest absolute Gasteiger partial charge is 0.493 e. The monoisotopic (exact) mass is 444 g/mol. The van der Waals surface area contributed by atoms with Crippen LogP contribution in [-0.4, -0.2) is 13.3 Å². The number of nitrogens with zero attached hydrogens (tertiary/aromatic N) is 1. The molecule has 27 heavy (non-hydrogen) atoms. The van der Waals surface area contributed by atoms with Crippen molar-refractivity contribution in [2.45, 2.75) is 6.61 Å². The van der Waals surface area contributed by atoms with E-state index in [1.165, 1.54) is 0 Å². The zero-order chi connectivity index (χ0) is 19.1. The average molecular weight is 446 g/mol. The van der Waals surface area contributed by atoms with Crippen molar-refractivity contribution >= 4 is 39.4 Å². The highest BCUT2D eigenvalue weighted by molar-refractivity contribution is 9.10. The molecule has 3 aromatic carbocycles. The number of hydrazone groups is 1. The standard InChI is InChI=1S/C21H18BrClN2O2/c1-26-21-12-16(13-24-25-19-9-7-18(23)8-10-19)4-11-20(21)27-14-15-2-5-17(22)6-3-15/h2-13,25H,14H2,1H3/b24-13+. The number of rotatable bonds is 7. The maximum Gasteiger partial charge on any atom is 0.161 e. The van der Waals surface area contributed by atoms with Crippen LogP contribution in [0.15, 0.2) is 76.3 Å². The van der Waals surface area contributed by atoms with E-state index in [0.29, 0.717) is 23.1 Å². The van der Waals surface area contributed by atoms with Gasteiger partial charge >= 0.3 is 0 Å². The van der Waals surface area contributed by atoms with Gasteiger partial charge in [0, 0.05) is 9.50 Å². The Balaban J connectivity index is 1.63. The lowest BCUT2D eigenvalue weighted by Gasteiger charge is -2.11. The van der Waals surface area contributed by atoms with Crippen LogP contribution in [0.1, 0.15) is 11.1 Å². The molecule has 0 bridgehead atoms. The number of hydrogen-bond acceptors (Lipinski definition) is 4. The third kappa shape index (κ3) is 5.74. The molecule has 0 spiro atoms. The van der Waals surface area contributed by atoms with E-state index in [9.17, 15) is 0 Å². The summed E-state index contributed by atoms with van der Waals surface area (Å²) >= 11 is 9.29. The Kier molecular flexibility index (Phi) is 6.74. The maximum atomic E-state index is 5.88. The average Bonchev–Trinajstić information content (AvgIpc) is 2.69. The SMILES string of the molecule is COc1cc(/C=N/Nc2ccc(Cl)cc2)ccc1OCc1ccc(Br)cc1. The molecule has 3 aromatic rings. The van der Waals surface area contributed by atoms with Gasteiger partial charge in [-0.2, -0.15) is 5.10 Å². The summed E-state index contributed by atoms with van der Waals surface area (Å²) < 4.78 is 12.4. The normalized spacial score (nSPS) is 10.8. The van der Waals surface area contributed by atoms with E-state index in [1.807, 2.05) is 54.6 Å². The van der Waals surface area contributed by atoms with Crippen LogP contribution in [0.4, 0.5) is 5.69 Å². The van der Waals surface area contributed by atoms with Crippen LogP contribution in [0.25, 0.3) is 0 Å². The van der Waals surface area contributed by atoms with Crippen molar-refractivity contribution in [2.24, 2.45) is 5.10 Å². The molecule has 6 heteroatoms. The van der Waals surface area contributed by atoms with Crippen LogP contribution in [0.2, 0.25) is 5.02 Å². The lowest BCUT2D eigenvalue weighted by Crippen LogP contribution is -1.98. The Morgan fingerprint density at radius 3 is 2.44 bits per heavy atom. The molecular formula is C21H18BrClN2O2. The molecule has 0 radical (unpaired) electrons. The number of halogens is 2. The summed E-state index contributed by atoms with van der Waals surface area (Å²) in [4.78, 5) is 0. The van der Waals surface area contributed by atoms with Crippen LogP contribution in [0, 0.1) is 0 Å². The highest BCUT2D eigenvalue weighted by atomic mass is 79.9. The van der Waals surface area contributed by atoms with Crippen LogP contribution in [0.5, 0.6) is 11.5 Å². The zero-order valence-electron chi connectivity index (χ0n) is 14.7. The van der Waals surface area contributed by atoms with Crippen molar-refractivity contribution in [1.82, 2.24) is 0 Å². The number of nitrogens with one attached hydrogen (secondary N) is 1. The number of methoxy groups -OCH3 is 1. The van der Waals surface area contributed by atoms with Crippen LogP contribution < -0.4 is 14.9 Å². The van der Waals surface area contributed by atoms with Gasteiger partial charge in [-0.05, 0) is 65.7 Å². The number of ether oxygens (including phenoxy) is 2. The third-order valence-corrected chi connectivity index (χ3v) is 4.53. The molecule has 0 saturated heterocycles. The number of hydrogen-bond donors (Lipinski definition) is 1. The van der Waals surface area contributed by atoms with Gasteiger partial charge in [-0.3, -0.25) is 5.43 Å². The Morgan fingerprint density at radius 1 is 1.00 bits per heavy atom. The van der Waals surface area contributed by atoms with E-state index in [-0.39, 0.29) is 0 Å². The van der Waals surface area contributed by atoms with Crippen molar-refractivity contribution in [3.63, 3.8) is 0 Å². The summed E-state index contributed by atoms with van der Waals surface area (Å²) in [5, 5.41) is 4.92. The van der Waals surface area contributed by atoms with Crippen molar-refractivity contribution in [3.05, 3.63) is 87.4 Å². The molecule has 0 aliphatic carbocycles.